The molecule has 0 saturated heterocycles. The van der Waals surface area contributed by atoms with E-state index in [1.165, 1.54) is 0 Å². The summed E-state index contributed by atoms with van der Waals surface area (Å²) < 4.78 is 53.6. The Morgan fingerprint density at radius 1 is 0.947 bits per heavy atom. The minimum Gasteiger partial charge on any atom is -0.337 e. The molecule has 0 atom stereocenters. The van der Waals surface area contributed by atoms with Gasteiger partial charge in [0.2, 0.25) is 11.6 Å². The second-order valence-corrected chi connectivity index (χ2v) is 3.75. The maximum Gasteiger partial charge on any atom is 0.253 e. The molecule has 0 saturated carbocycles. The molecule has 1 aromatic carbocycles. The fourth-order valence-corrected chi connectivity index (χ4v) is 1.79. The quantitative estimate of drug-likeness (QED) is 0.623. The second-order valence-electron chi connectivity index (χ2n) is 3.75. The lowest BCUT2D eigenvalue weighted by molar-refractivity contribution is 0.408. The number of hydrogen-bond donors (Lipinski definition) is 0. The Hall–Kier alpha value is -2.11. The van der Waals surface area contributed by atoms with Crippen molar-refractivity contribution in [2.24, 2.45) is 0 Å². The van der Waals surface area contributed by atoms with Crippen LogP contribution < -0.4 is 4.90 Å². The molecule has 0 aliphatic carbocycles. The first-order valence-electron chi connectivity index (χ1n) is 5.58. The normalized spacial score (nSPS) is 10.6. The molecule has 2 aromatic rings. The van der Waals surface area contributed by atoms with Gasteiger partial charge in [0, 0.05) is 12.2 Å². The predicted octanol–water partition coefficient (Wildman–Crippen LogP) is 3.80. The molecule has 19 heavy (non-hydrogen) atoms. The third-order valence-corrected chi connectivity index (χ3v) is 2.63. The first kappa shape index (κ1) is 13.3. The number of halogens is 4. The third-order valence-electron chi connectivity index (χ3n) is 2.63. The molecule has 100 valence electrons. The molecular weight excluding hydrogens is 260 g/mol. The highest BCUT2D eigenvalue weighted by molar-refractivity contribution is 5.63. The lowest BCUT2D eigenvalue weighted by Gasteiger charge is -2.24. The summed E-state index contributed by atoms with van der Waals surface area (Å²) in [5.41, 5.74) is -0.355. The molecule has 0 fully saturated rings. The Morgan fingerprint density at radius 3 is 1.95 bits per heavy atom. The highest BCUT2D eigenvalue weighted by Crippen LogP contribution is 2.31. The van der Waals surface area contributed by atoms with Crippen LogP contribution in [-0.2, 0) is 0 Å². The van der Waals surface area contributed by atoms with E-state index in [9.17, 15) is 17.6 Å². The Labute approximate surface area is 107 Å². The summed E-state index contributed by atoms with van der Waals surface area (Å²) in [5.74, 6) is -6.35. The van der Waals surface area contributed by atoms with E-state index in [2.05, 4.69) is 4.98 Å². The van der Waals surface area contributed by atoms with Gasteiger partial charge in [-0.05, 0) is 19.1 Å². The Morgan fingerprint density at radius 2 is 1.47 bits per heavy atom. The molecule has 1 heterocycles. The number of hydrogen-bond acceptors (Lipinski definition) is 2. The van der Waals surface area contributed by atoms with E-state index in [1.807, 2.05) is 0 Å². The smallest absolute Gasteiger partial charge is 0.253 e. The van der Waals surface area contributed by atoms with Crippen molar-refractivity contribution in [3.05, 3.63) is 53.9 Å². The average molecular weight is 270 g/mol. The van der Waals surface area contributed by atoms with Gasteiger partial charge >= 0.3 is 0 Å². The summed E-state index contributed by atoms with van der Waals surface area (Å²) in [6, 6.07) is 8.19. The molecule has 0 aliphatic rings. The maximum atomic E-state index is 13.7. The van der Waals surface area contributed by atoms with Gasteiger partial charge in [-0.2, -0.15) is 22.5 Å². The molecule has 1 aromatic heterocycles. The minimum atomic E-state index is -1.66. The van der Waals surface area contributed by atoms with Crippen molar-refractivity contribution in [2.75, 3.05) is 11.4 Å². The highest BCUT2D eigenvalue weighted by atomic mass is 19.2. The topological polar surface area (TPSA) is 16.1 Å². The van der Waals surface area contributed by atoms with E-state index in [-0.39, 0.29) is 6.54 Å². The van der Waals surface area contributed by atoms with Crippen LogP contribution in [0.4, 0.5) is 28.9 Å². The van der Waals surface area contributed by atoms with Crippen LogP contribution >= 0.6 is 0 Å². The number of nitrogens with zero attached hydrogens (tertiary/aromatic N) is 2. The van der Waals surface area contributed by atoms with Crippen molar-refractivity contribution in [2.45, 2.75) is 6.92 Å². The summed E-state index contributed by atoms with van der Waals surface area (Å²) in [5, 5.41) is 0. The molecule has 0 unspecified atom stereocenters. The molecule has 0 aliphatic heterocycles. The molecule has 0 N–H and O–H groups in total. The zero-order chi connectivity index (χ0) is 14.0. The van der Waals surface area contributed by atoms with Gasteiger partial charge in [0.15, 0.2) is 0 Å². The van der Waals surface area contributed by atoms with Crippen LogP contribution in [0.3, 0.4) is 0 Å². The van der Waals surface area contributed by atoms with Crippen LogP contribution in [0.1, 0.15) is 6.92 Å². The fourth-order valence-electron chi connectivity index (χ4n) is 1.79. The van der Waals surface area contributed by atoms with Crippen LogP contribution in [0.2, 0.25) is 0 Å². The van der Waals surface area contributed by atoms with E-state index >= 15 is 0 Å². The van der Waals surface area contributed by atoms with Gasteiger partial charge in [-0.15, -0.1) is 0 Å². The summed E-state index contributed by atoms with van der Waals surface area (Å²) >= 11 is 0. The molecule has 0 spiro atoms. The largest absolute Gasteiger partial charge is 0.337 e. The number of pyridine rings is 1. The average Bonchev–Trinajstić information content (AvgIpc) is 2.42. The SMILES string of the molecule is CCN(c1ccccc1)c1c(F)c(F)nc(F)c1F. The van der Waals surface area contributed by atoms with E-state index in [1.54, 1.807) is 37.3 Å². The fraction of sp³-hybridized carbons (Fsp3) is 0.154. The first-order chi connectivity index (χ1) is 9.06. The molecule has 0 radical (unpaired) electrons. The lowest BCUT2D eigenvalue weighted by atomic mass is 10.2. The number of aromatic nitrogens is 1. The first-order valence-corrected chi connectivity index (χ1v) is 5.58. The van der Waals surface area contributed by atoms with E-state index in [4.69, 9.17) is 0 Å². The van der Waals surface area contributed by atoms with Gasteiger partial charge in [0.1, 0.15) is 5.69 Å². The van der Waals surface area contributed by atoms with Gasteiger partial charge in [-0.25, -0.2) is 0 Å². The van der Waals surface area contributed by atoms with Crippen molar-refractivity contribution in [1.82, 2.24) is 4.98 Å². The van der Waals surface area contributed by atoms with Crippen molar-refractivity contribution < 1.29 is 17.6 Å². The van der Waals surface area contributed by atoms with Gasteiger partial charge in [-0.3, -0.25) is 0 Å². The Balaban J connectivity index is 2.62. The molecule has 0 bridgehead atoms. The molecule has 2 rings (SSSR count). The van der Waals surface area contributed by atoms with E-state index in [0.717, 1.165) is 4.90 Å². The zero-order valence-electron chi connectivity index (χ0n) is 10.0. The number of anilines is 2. The molecule has 6 heteroatoms. The van der Waals surface area contributed by atoms with Crippen LogP contribution in [0.15, 0.2) is 30.3 Å². The van der Waals surface area contributed by atoms with E-state index < -0.39 is 29.2 Å². The standard InChI is InChI=1S/C13H10F4N2/c1-2-19(8-6-4-3-5-7-8)11-9(14)12(16)18-13(17)10(11)15/h3-7H,2H2,1H3. The van der Waals surface area contributed by atoms with Crippen LogP contribution in [0.25, 0.3) is 0 Å². The second kappa shape index (κ2) is 5.26. The molecule has 0 amide bonds. The number of benzene rings is 1. The Bertz CT molecular complexity index is 561. The van der Waals surface area contributed by atoms with Crippen molar-refractivity contribution in [1.29, 1.82) is 0 Å². The summed E-state index contributed by atoms with van der Waals surface area (Å²) in [6.45, 7) is 1.75. The number of para-hydroxylation sites is 1. The summed E-state index contributed by atoms with van der Waals surface area (Å²) in [4.78, 5) is 3.67. The maximum absolute atomic E-state index is 13.7. The number of rotatable bonds is 3. The van der Waals surface area contributed by atoms with E-state index in [0.29, 0.717) is 5.69 Å². The van der Waals surface area contributed by atoms with Gasteiger partial charge in [-0.1, -0.05) is 18.2 Å². The van der Waals surface area contributed by atoms with Gasteiger partial charge in [0.25, 0.3) is 11.9 Å². The molecular formula is C13H10F4N2. The van der Waals surface area contributed by atoms with Crippen molar-refractivity contribution in [3.8, 4) is 0 Å². The molecule has 2 nitrogen and oxygen atoms in total. The Kier molecular flexibility index (Phi) is 3.69. The summed E-state index contributed by atoms with van der Waals surface area (Å²) in [6.07, 6.45) is 0. The van der Waals surface area contributed by atoms with Crippen LogP contribution in [0.5, 0.6) is 0 Å². The highest BCUT2D eigenvalue weighted by Gasteiger charge is 2.25. The lowest BCUT2D eigenvalue weighted by Crippen LogP contribution is -2.21. The zero-order valence-corrected chi connectivity index (χ0v) is 10.0. The third kappa shape index (κ3) is 2.38. The van der Waals surface area contributed by atoms with Gasteiger partial charge < -0.3 is 4.90 Å². The van der Waals surface area contributed by atoms with Crippen LogP contribution in [-0.4, -0.2) is 11.5 Å². The van der Waals surface area contributed by atoms with Crippen molar-refractivity contribution >= 4 is 11.4 Å². The van der Waals surface area contributed by atoms with Gasteiger partial charge in [0.05, 0.1) is 0 Å². The van der Waals surface area contributed by atoms with Crippen LogP contribution in [0, 0.1) is 23.5 Å². The van der Waals surface area contributed by atoms with Crippen molar-refractivity contribution in [3.63, 3.8) is 0 Å². The summed E-state index contributed by atoms with van der Waals surface area (Å²) in [7, 11) is 0. The predicted molar refractivity (Wildman–Crippen MR) is 63.2 cm³/mol. The minimum absolute atomic E-state index is 0.140. The monoisotopic (exact) mass is 270 g/mol.